The van der Waals surface area contributed by atoms with E-state index in [9.17, 15) is 0 Å². The van der Waals surface area contributed by atoms with Gasteiger partial charge >= 0.3 is 0 Å². The Labute approximate surface area is 142 Å². The lowest BCUT2D eigenvalue weighted by molar-refractivity contribution is 0.224. The average Bonchev–Trinajstić information content (AvgIpc) is 3.09. The molecule has 0 aliphatic carbocycles. The average molecular weight is 318 g/mol. The van der Waals surface area contributed by atoms with Gasteiger partial charge in [-0.05, 0) is 37.1 Å². The number of likely N-dealkylation sites (N-methyl/N-ethyl adjacent to an activating group) is 1. The van der Waals surface area contributed by atoms with Crippen LogP contribution in [0.5, 0.6) is 5.75 Å². The topological polar surface area (TPSA) is 28.3 Å². The number of hydrogen-bond donors (Lipinski definition) is 1. The first-order valence-electron chi connectivity index (χ1n) is 8.83. The largest absolute Gasteiger partial charge is 0.487 e. The molecule has 0 spiro atoms. The highest BCUT2D eigenvalue weighted by Gasteiger charge is 2.39. The number of H-pyrrole nitrogens is 1. The maximum Gasteiger partial charge on any atom is 0.143 e. The molecule has 3 nitrogen and oxygen atoms in total. The van der Waals surface area contributed by atoms with Crippen molar-refractivity contribution in [2.45, 2.75) is 38.0 Å². The Hall–Kier alpha value is -2.26. The van der Waals surface area contributed by atoms with Gasteiger partial charge < -0.3 is 9.72 Å². The quantitative estimate of drug-likeness (QED) is 0.773. The standard InChI is InChI=1S/C21H22N2O/c1-23-15-10-11-18(23)20-16-8-5-9-19(21(16)22-17(20)12-15)24-13-14-6-3-2-4-7-14/h2-9,15,18,22H,10-13H2,1H3/t15-,18+/m1/s1. The molecule has 1 fully saturated rings. The second-order valence-electron chi connectivity index (χ2n) is 7.09. The summed E-state index contributed by atoms with van der Waals surface area (Å²) >= 11 is 0. The number of fused-ring (bicyclic) bond motifs is 6. The summed E-state index contributed by atoms with van der Waals surface area (Å²) < 4.78 is 6.15. The number of aromatic nitrogens is 1. The van der Waals surface area contributed by atoms with Crippen LogP contribution >= 0.6 is 0 Å². The highest BCUT2D eigenvalue weighted by molar-refractivity contribution is 5.90. The molecule has 0 amide bonds. The van der Waals surface area contributed by atoms with Gasteiger partial charge in [0.05, 0.1) is 5.52 Å². The van der Waals surface area contributed by atoms with Gasteiger partial charge in [-0.2, -0.15) is 0 Å². The van der Waals surface area contributed by atoms with Crippen LogP contribution in [0.4, 0.5) is 0 Å². The fourth-order valence-corrected chi connectivity index (χ4v) is 4.50. The zero-order valence-corrected chi connectivity index (χ0v) is 14.0. The van der Waals surface area contributed by atoms with Crippen molar-refractivity contribution in [3.05, 3.63) is 65.4 Å². The van der Waals surface area contributed by atoms with Crippen molar-refractivity contribution in [1.82, 2.24) is 9.88 Å². The van der Waals surface area contributed by atoms with Crippen LogP contribution in [-0.4, -0.2) is 23.0 Å². The monoisotopic (exact) mass is 318 g/mol. The molecule has 2 aromatic carbocycles. The van der Waals surface area contributed by atoms with Gasteiger partial charge in [0.25, 0.3) is 0 Å². The molecule has 0 saturated carbocycles. The summed E-state index contributed by atoms with van der Waals surface area (Å²) in [5.74, 6) is 0.962. The fourth-order valence-electron chi connectivity index (χ4n) is 4.50. The molecule has 0 radical (unpaired) electrons. The molecule has 3 heterocycles. The SMILES string of the molecule is CN1[C@@H]2CC[C@H]1c1c([nH]c3c(OCc4ccccc4)cccc13)C2. The summed E-state index contributed by atoms with van der Waals surface area (Å²) in [6.07, 6.45) is 3.72. The van der Waals surface area contributed by atoms with Gasteiger partial charge in [0, 0.05) is 29.6 Å². The summed E-state index contributed by atoms with van der Waals surface area (Å²) in [4.78, 5) is 6.25. The molecule has 3 aromatic rings. The third-order valence-corrected chi connectivity index (χ3v) is 5.77. The summed E-state index contributed by atoms with van der Waals surface area (Å²) in [7, 11) is 2.28. The Morgan fingerprint density at radius 1 is 1.08 bits per heavy atom. The van der Waals surface area contributed by atoms with Crippen molar-refractivity contribution in [3.63, 3.8) is 0 Å². The van der Waals surface area contributed by atoms with Crippen LogP contribution in [0, 0.1) is 0 Å². The predicted octanol–water partition coefficient (Wildman–Crippen LogP) is 4.44. The van der Waals surface area contributed by atoms with Crippen molar-refractivity contribution >= 4 is 10.9 Å². The first-order valence-corrected chi connectivity index (χ1v) is 8.83. The van der Waals surface area contributed by atoms with Gasteiger partial charge in [0.15, 0.2) is 0 Å². The van der Waals surface area contributed by atoms with Gasteiger partial charge in [-0.3, -0.25) is 4.90 Å². The Balaban J connectivity index is 1.53. The zero-order chi connectivity index (χ0) is 16.1. The minimum Gasteiger partial charge on any atom is -0.487 e. The Morgan fingerprint density at radius 2 is 1.96 bits per heavy atom. The van der Waals surface area contributed by atoms with Crippen molar-refractivity contribution in [2.24, 2.45) is 0 Å². The maximum absolute atomic E-state index is 6.15. The molecule has 2 bridgehead atoms. The van der Waals surface area contributed by atoms with Gasteiger partial charge in [-0.25, -0.2) is 0 Å². The highest BCUT2D eigenvalue weighted by atomic mass is 16.5. The van der Waals surface area contributed by atoms with E-state index >= 15 is 0 Å². The van der Waals surface area contributed by atoms with E-state index in [1.54, 1.807) is 0 Å². The highest BCUT2D eigenvalue weighted by Crippen LogP contribution is 2.46. The number of hydrogen-bond acceptors (Lipinski definition) is 2. The lowest BCUT2D eigenvalue weighted by Gasteiger charge is -2.31. The van der Waals surface area contributed by atoms with Crippen LogP contribution in [0.1, 0.15) is 35.7 Å². The van der Waals surface area contributed by atoms with Gasteiger partial charge in [0.1, 0.15) is 12.4 Å². The normalized spacial score (nSPS) is 22.7. The maximum atomic E-state index is 6.15. The number of ether oxygens (including phenoxy) is 1. The smallest absolute Gasteiger partial charge is 0.143 e. The van der Waals surface area contributed by atoms with E-state index in [0.29, 0.717) is 18.7 Å². The van der Waals surface area contributed by atoms with Gasteiger partial charge in [-0.1, -0.05) is 42.5 Å². The lowest BCUT2D eigenvalue weighted by atomic mass is 9.97. The second kappa shape index (κ2) is 5.38. The third-order valence-electron chi connectivity index (χ3n) is 5.77. The molecule has 1 saturated heterocycles. The fraction of sp³-hybridized carbons (Fsp3) is 0.333. The van der Waals surface area contributed by atoms with E-state index in [2.05, 4.69) is 59.4 Å². The molecule has 2 aliphatic heterocycles. The number of nitrogens with zero attached hydrogens (tertiary/aromatic N) is 1. The first-order chi connectivity index (χ1) is 11.8. The van der Waals surface area contributed by atoms with Crippen molar-refractivity contribution in [1.29, 1.82) is 0 Å². The van der Waals surface area contributed by atoms with E-state index in [4.69, 9.17) is 4.74 Å². The Kier molecular flexibility index (Phi) is 3.17. The molecule has 1 aromatic heterocycles. The van der Waals surface area contributed by atoms with Crippen molar-refractivity contribution in [2.75, 3.05) is 7.05 Å². The summed E-state index contributed by atoms with van der Waals surface area (Å²) in [5, 5.41) is 1.34. The van der Waals surface area contributed by atoms with Crippen LogP contribution in [0.2, 0.25) is 0 Å². The van der Waals surface area contributed by atoms with E-state index < -0.39 is 0 Å². The number of nitrogens with one attached hydrogen (secondary N) is 1. The number of benzene rings is 2. The molecular formula is C21H22N2O. The van der Waals surface area contributed by atoms with E-state index in [0.717, 1.165) is 12.2 Å². The van der Waals surface area contributed by atoms with Crippen LogP contribution in [0.3, 0.4) is 0 Å². The molecule has 3 heteroatoms. The number of aromatic amines is 1. The summed E-state index contributed by atoms with van der Waals surface area (Å²) in [6.45, 7) is 0.607. The van der Waals surface area contributed by atoms with Crippen molar-refractivity contribution < 1.29 is 4.74 Å². The number of rotatable bonds is 3. The van der Waals surface area contributed by atoms with Crippen LogP contribution in [0.25, 0.3) is 10.9 Å². The van der Waals surface area contributed by atoms with Crippen LogP contribution < -0.4 is 4.74 Å². The van der Waals surface area contributed by atoms with Gasteiger partial charge in [-0.15, -0.1) is 0 Å². The van der Waals surface area contributed by atoms with E-state index in [-0.39, 0.29) is 0 Å². The lowest BCUT2D eigenvalue weighted by Crippen LogP contribution is -2.33. The van der Waals surface area contributed by atoms with Crippen LogP contribution in [0.15, 0.2) is 48.5 Å². The number of para-hydroxylation sites is 1. The molecular weight excluding hydrogens is 296 g/mol. The van der Waals surface area contributed by atoms with Crippen molar-refractivity contribution in [3.8, 4) is 5.75 Å². The molecule has 122 valence electrons. The minimum absolute atomic E-state index is 0.567. The Bertz CT molecular complexity index is 883. The molecule has 2 atom stereocenters. The van der Waals surface area contributed by atoms with E-state index in [1.807, 2.05) is 6.07 Å². The van der Waals surface area contributed by atoms with Gasteiger partial charge in [0.2, 0.25) is 0 Å². The minimum atomic E-state index is 0.567. The molecule has 5 rings (SSSR count). The second-order valence-corrected chi connectivity index (χ2v) is 7.09. The van der Waals surface area contributed by atoms with Crippen LogP contribution in [-0.2, 0) is 13.0 Å². The zero-order valence-electron chi connectivity index (χ0n) is 14.0. The third kappa shape index (κ3) is 2.08. The van der Waals surface area contributed by atoms with E-state index in [1.165, 1.54) is 40.6 Å². The molecule has 0 unspecified atom stereocenters. The molecule has 2 aliphatic rings. The Morgan fingerprint density at radius 3 is 2.83 bits per heavy atom. The molecule has 24 heavy (non-hydrogen) atoms. The first kappa shape index (κ1) is 14.1. The molecule has 1 N–H and O–H groups in total. The predicted molar refractivity (Wildman–Crippen MR) is 96.3 cm³/mol. The summed E-state index contributed by atoms with van der Waals surface area (Å²) in [5.41, 5.74) is 5.29. The summed E-state index contributed by atoms with van der Waals surface area (Å²) in [6, 6.07) is 18.1.